The molecule has 4 aromatic rings. The Morgan fingerprint density at radius 3 is 2.69 bits per heavy atom. The molecule has 0 radical (unpaired) electrons. The van der Waals surface area contributed by atoms with Crippen LogP contribution in [0.25, 0.3) is 21.1 Å². The monoisotopic (exact) mass is 436 g/mol. The van der Waals surface area contributed by atoms with E-state index in [0.29, 0.717) is 28.5 Å². The first kappa shape index (κ1) is 21.2. The Kier molecular flexibility index (Phi) is 6.16. The van der Waals surface area contributed by atoms with E-state index < -0.39 is 11.6 Å². The second kappa shape index (κ2) is 8.44. The quantitative estimate of drug-likeness (QED) is 0.494. The predicted molar refractivity (Wildman–Crippen MR) is 115 cm³/mol. The highest BCUT2D eigenvalue weighted by Gasteiger charge is 2.24. The average molecular weight is 437 g/mol. The smallest absolute Gasteiger partial charge is 0.262 e. The lowest BCUT2D eigenvalue weighted by atomic mass is 10.1. The van der Waals surface area contributed by atoms with Gasteiger partial charge in [0.05, 0.1) is 10.3 Å². The molecule has 5 nitrogen and oxygen atoms in total. The summed E-state index contributed by atoms with van der Waals surface area (Å²) in [6.07, 6.45) is 1.67. The summed E-state index contributed by atoms with van der Waals surface area (Å²) in [5.41, 5.74) is 1.44. The van der Waals surface area contributed by atoms with E-state index in [1.807, 2.05) is 43.3 Å². The molecule has 2 heterocycles. The summed E-state index contributed by atoms with van der Waals surface area (Å²) in [6, 6.07) is 9.56. The number of hydrogen-bond donors (Lipinski definition) is 1. The highest BCUT2D eigenvalue weighted by Crippen LogP contribution is 2.32. The normalized spacial score (nSPS) is 11.2. The van der Waals surface area contributed by atoms with Gasteiger partial charge in [-0.1, -0.05) is 29.5 Å². The number of carbonyl (C=O) groups excluding carboxylic acids is 1. The van der Waals surface area contributed by atoms with E-state index in [1.165, 1.54) is 11.0 Å². The van der Waals surface area contributed by atoms with Crippen molar-refractivity contribution in [2.24, 2.45) is 0 Å². The number of amides is 1. The zero-order valence-corrected chi connectivity index (χ0v) is 17.4. The molecule has 152 valence electrons. The highest BCUT2D eigenvalue weighted by atomic mass is 35.5. The van der Waals surface area contributed by atoms with Crippen molar-refractivity contribution in [1.29, 1.82) is 0 Å². The van der Waals surface area contributed by atoms with Crippen molar-refractivity contribution in [2.45, 2.75) is 0 Å². The van der Waals surface area contributed by atoms with E-state index >= 15 is 0 Å². The van der Waals surface area contributed by atoms with Gasteiger partial charge < -0.3 is 9.88 Å². The first-order valence-corrected chi connectivity index (χ1v) is 9.54. The van der Waals surface area contributed by atoms with Gasteiger partial charge in [-0.25, -0.2) is 13.8 Å². The highest BCUT2D eigenvalue weighted by molar-refractivity contribution is 7.22. The maximum atomic E-state index is 14.1. The number of nitrogens with zero attached hydrogens (tertiary/aromatic N) is 3. The Morgan fingerprint density at radius 2 is 1.93 bits per heavy atom. The number of H-pyrrole nitrogens is 1. The summed E-state index contributed by atoms with van der Waals surface area (Å²) in [4.78, 5) is 24.2. The van der Waals surface area contributed by atoms with E-state index in [2.05, 4.69) is 9.97 Å². The van der Waals surface area contributed by atoms with Crippen LogP contribution in [0.2, 0.25) is 0 Å². The number of carbonyl (C=O) groups is 1. The molecule has 9 heteroatoms. The molecule has 0 bridgehead atoms. The van der Waals surface area contributed by atoms with Crippen LogP contribution in [0.4, 0.5) is 13.9 Å². The number of halogens is 3. The van der Waals surface area contributed by atoms with Crippen LogP contribution >= 0.6 is 23.7 Å². The SMILES string of the molecule is CN(C)CCN(C(=O)c1c[nH]c2ccccc12)c1nc2c(F)cc(F)cc2s1.Cl. The van der Waals surface area contributed by atoms with Crippen LogP contribution in [-0.4, -0.2) is 48.0 Å². The lowest BCUT2D eigenvalue weighted by molar-refractivity contribution is 0.0987. The number of para-hydroxylation sites is 1. The fraction of sp³-hybridized carbons (Fsp3) is 0.200. The van der Waals surface area contributed by atoms with Gasteiger partial charge in [0, 0.05) is 36.3 Å². The van der Waals surface area contributed by atoms with Crippen LogP contribution in [0, 0.1) is 11.6 Å². The van der Waals surface area contributed by atoms with Gasteiger partial charge in [0.2, 0.25) is 0 Å². The molecule has 0 saturated carbocycles. The van der Waals surface area contributed by atoms with E-state index in [9.17, 15) is 13.6 Å². The van der Waals surface area contributed by atoms with E-state index in [-0.39, 0.29) is 23.8 Å². The summed E-state index contributed by atoms with van der Waals surface area (Å²) < 4.78 is 28.0. The number of rotatable bonds is 5. The van der Waals surface area contributed by atoms with Gasteiger partial charge in [0.1, 0.15) is 11.3 Å². The zero-order valence-electron chi connectivity index (χ0n) is 15.8. The van der Waals surface area contributed by atoms with Crippen molar-refractivity contribution < 1.29 is 13.6 Å². The largest absolute Gasteiger partial charge is 0.360 e. The minimum atomic E-state index is -0.732. The molecule has 0 fully saturated rings. The molecular formula is C20H19ClF2N4OS. The molecule has 0 unspecified atom stereocenters. The number of anilines is 1. The molecule has 2 aromatic heterocycles. The fourth-order valence-corrected chi connectivity index (χ4v) is 4.07. The molecule has 1 amide bonds. The molecule has 0 aliphatic rings. The van der Waals surface area contributed by atoms with Crippen molar-refractivity contribution in [3.63, 3.8) is 0 Å². The third-order valence-corrected chi connectivity index (χ3v) is 5.49. The standard InChI is InChI=1S/C20H18F2N4OS.ClH/c1-25(2)7-8-26(19(27)14-11-23-16-6-4-3-5-13(14)16)20-24-18-15(22)9-12(21)10-17(18)28-20;/h3-6,9-11,23H,7-8H2,1-2H3;1H. The predicted octanol–water partition coefficient (Wildman–Crippen LogP) is 4.69. The lowest BCUT2D eigenvalue weighted by Crippen LogP contribution is -2.36. The number of nitrogens with one attached hydrogen (secondary N) is 1. The van der Waals surface area contributed by atoms with Crippen molar-refractivity contribution in [1.82, 2.24) is 14.9 Å². The topological polar surface area (TPSA) is 52.2 Å². The maximum Gasteiger partial charge on any atom is 0.262 e. The number of fused-ring (bicyclic) bond motifs is 2. The van der Waals surface area contributed by atoms with Crippen molar-refractivity contribution in [3.05, 3.63) is 59.8 Å². The first-order valence-electron chi connectivity index (χ1n) is 8.72. The van der Waals surface area contributed by atoms with Crippen LogP contribution < -0.4 is 4.90 Å². The van der Waals surface area contributed by atoms with Gasteiger partial charge in [0.15, 0.2) is 10.9 Å². The van der Waals surface area contributed by atoms with E-state index in [4.69, 9.17) is 0 Å². The van der Waals surface area contributed by atoms with Gasteiger partial charge in [-0.15, -0.1) is 12.4 Å². The average Bonchev–Trinajstić information content (AvgIpc) is 3.25. The molecule has 0 atom stereocenters. The second-order valence-electron chi connectivity index (χ2n) is 6.74. The summed E-state index contributed by atoms with van der Waals surface area (Å²) in [5, 5.41) is 1.15. The first-order chi connectivity index (χ1) is 13.4. The van der Waals surface area contributed by atoms with Crippen LogP contribution in [0.15, 0.2) is 42.6 Å². The fourth-order valence-electron chi connectivity index (χ4n) is 3.04. The van der Waals surface area contributed by atoms with Crippen LogP contribution in [0.3, 0.4) is 0 Å². The Morgan fingerprint density at radius 1 is 1.17 bits per heavy atom. The van der Waals surface area contributed by atoms with Crippen molar-refractivity contribution >= 4 is 55.9 Å². The minimum Gasteiger partial charge on any atom is -0.360 e. The minimum absolute atomic E-state index is 0. The number of aromatic nitrogens is 2. The Bertz CT molecular complexity index is 1170. The molecule has 0 saturated heterocycles. The van der Waals surface area contributed by atoms with E-state index in [0.717, 1.165) is 28.3 Å². The van der Waals surface area contributed by atoms with Crippen LogP contribution in [0.1, 0.15) is 10.4 Å². The molecule has 0 spiro atoms. The molecule has 2 aromatic carbocycles. The van der Waals surface area contributed by atoms with Gasteiger partial charge in [-0.05, 0) is 26.2 Å². The third kappa shape index (κ3) is 4.10. The number of thiazole rings is 1. The summed E-state index contributed by atoms with van der Waals surface area (Å²) in [7, 11) is 3.81. The Balaban J connectivity index is 0.00000240. The molecule has 1 N–H and O–H groups in total. The molecular weight excluding hydrogens is 418 g/mol. The summed E-state index contributed by atoms with van der Waals surface area (Å²) in [6.45, 7) is 0.968. The molecule has 0 aliphatic carbocycles. The molecule has 4 rings (SSSR count). The van der Waals surface area contributed by atoms with Crippen LogP contribution in [0.5, 0.6) is 0 Å². The molecule has 29 heavy (non-hydrogen) atoms. The number of aromatic amines is 1. The van der Waals surface area contributed by atoms with Gasteiger partial charge >= 0.3 is 0 Å². The Labute approximate surface area is 176 Å². The van der Waals surface area contributed by atoms with Crippen molar-refractivity contribution in [2.75, 3.05) is 32.1 Å². The zero-order chi connectivity index (χ0) is 19.8. The Hall–Kier alpha value is -2.55. The van der Waals surface area contributed by atoms with Gasteiger partial charge in [-0.3, -0.25) is 9.69 Å². The van der Waals surface area contributed by atoms with E-state index in [1.54, 1.807) is 6.20 Å². The second-order valence-corrected chi connectivity index (χ2v) is 7.75. The third-order valence-electron chi connectivity index (χ3n) is 4.47. The number of benzene rings is 2. The maximum absolute atomic E-state index is 14.1. The summed E-state index contributed by atoms with van der Waals surface area (Å²) >= 11 is 1.10. The van der Waals surface area contributed by atoms with Gasteiger partial charge in [-0.2, -0.15) is 0 Å². The number of hydrogen-bond acceptors (Lipinski definition) is 4. The molecule has 0 aliphatic heterocycles. The van der Waals surface area contributed by atoms with Crippen LogP contribution in [-0.2, 0) is 0 Å². The summed E-state index contributed by atoms with van der Waals surface area (Å²) in [5.74, 6) is -1.63. The van der Waals surface area contributed by atoms with Crippen molar-refractivity contribution in [3.8, 4) is 0 Å². The van der Waals surface area contributed by atoms with Gasteiger partial charge in [0.25, 0.3) is 5.91 Å². The lowest BCUT2D eigenvalue weighted by Gasteiger charge is -2.21. The number of likely N-dealkylation sites (N-methyl/N-ethyl adjacent to an activating group) is 1.